The summed E-state index contributed by atoms with van der Waals surface area (Å²) < 4.78 is 10.9. The molecule has 5 aromatic rings. The Hall–Kier alpha value is -2.46. The van der Waals surface area contributed by atoms with Crippen molar-refractivity contribution in [2.24, 2.45) is 0 Å². The average Bonchev–Trinajstić information content (AvgIpc) is 3.40. The second kappa shape index (κ2) is 8.34. The summed E-state index contributed by atoms with van der Waals surface area (Å²) in [7, 11) is 0. The zero-order valence-corrected chi connectivity index (χ0v) is 21.8. The highest BCUT2D eigenvalue weighted by Crippen LogP contribution is 2.39. The molecule has 0 saturated heterocycles. The van der Waals surface area contributed by atoms with Gasteiger partial charge in [0.25, 0.3) is 5.56 Å². The molecule has 0 radical (unpaired) electrons. The maximum absolute atomic E-state index is 13.9. The Labute approximate surface area is 212 Å². The summed E-state index contributed by atoms with van der Waals surface area (Å²) >= 11 is 6.73. The van der Waals surface area contributed by atoms with Crippen LogP contribution in [0.4, 0.5) is 0 Å². The molecule has 6 rings (SSSR count). The lowest BCUT2D eigenvalue weighted by atomic mass is 9.94. The molecule has 172 valence electrons. The van der Waals surface area contributed by atoms with Gasteiger partial charge in [0, 0.05) is 21.5 Å². The molecule has 9 heteroatoms. The number of para-hydroxylation sites is 1. The number of aromatic nitrogens is 4. The quantitative estimate of drug-likeness (QED) is 0.256. The fraction of sp³-hybridized carbons (Fsp3) is 0.240. The number of ether oxygens (including phenoxy) is 1. The summed E-state index contributed by atoms with van der Waals surface area (Å²) in [6, 6.07) is 17.9. The van der Waals surface area contributed by atoms with Crippen molar-refractivity contribution in [3.8, 4) is 5.69 Å². The summed E-state index contributed by atoms with van der Waals surface area (Å²) in [5.41, 5.74) is 2.69. The Morgan fingerprint density at radius 1 is 1.12 bits per heavy atom. The zero-order chi connectivity index (χ0) is 23.4. The van der Waals surface area contributed by atoms with Gasteiger partial charge in [-0.05, 0) is 49.2 Å². The Morgan fingerprint density at radius 2 is 1.88 bits per heavy atom. The summed E-state index contributed by atoms with van der Waals surface area (Å²) in [5, 5.41) is 10.5. The fourth-order valence-electron chi connectivity index (χ4n) is 4.34. The highest BCUT2D eigenvalue weighted by atomic mass is 79.9. The second-order valence-electron chi connectivity index (χ2n) is 8.92. The van der Waals surface area contributed by atoms with Crippen molar-refractivity contribution in [3.05, 3.63) is 85.4 Å². The predicted molar refractivity (Wildman–Crippen MR) is 140 cm³/mol. The molecule has 34 heavy (non-hydrogen) atoms. The number of rotatable bonds is 4. The van der Waals surface area contributed by atoms with Crippen molar-refractivity contribution in [1.82, 2.24) is 19.2 Å². The lowest BCUT2D eigenvalue weighted by Crippen LogP contribution is -2.32. The van der Waals surface area contributed by atoms with Crippen LogP contribution in [-0.4, -0.2) is 24.8 Å². The van der Waals surface area contributed by atoms with Crippen molar-refractivity contribution in [3.63, 3.8) is 0 Å². The monoisotopic (exact) mass is 552 g/mol. The third-order valence-corrected chi connectivity index (χ3v) is 8.72. The number of benzene rings is 2. The SMILES string of the molecule is CC1(C)Cc2c(sc3c2c(=O)n(-c2ccccc2)c2nnc(SCc4ccc(Br)cc4)n32)CO1. The van der Waals surface area contributed by atoms with Gasteiger partial charge in [-0.1, -0.05) is 58.0 Å². The first kappa shape index (κ1) is 22.0. The summed E-state index contributed by atoms with van der Waals surface area (Å²) in [6.45, 7) is 4.66. The van der Waals surface area contributed by atoms with E-state index in [0.717, 1.165) is 41.7 Å². The molecular formula is C25H21BrN4O2S2. The Kier molecular flexibility index (Phi) is 5.40. The van der Waals surface area contributed by atoms with E-state index in [0.29, 0.717) is 18.8 Å². The molecule has 0 spiro atoms. The zero-order valence-electron chi connectivity index (χ0n) is 18.6. The molecule has 0 unspecified atom stereocenters. The molecule has 1 aliphatic rings. The van der Waals surface area contributed by atoms with Crippen LogP contribution in [-0.2, 0) is 23.5 Å². The van der Waals surface area contributed by atoms with Crippen LogP contribution >= 0.6 is 39.0 Å². The van der Waals surface area contributed by atoms with Crippen LogP contribution < -0.4 is 5.56 Å². The number of fused-ring (bicyclic) bond motifs is 5. The molecule has 2 aromatic carbocycles. The topological polar surface area (TPSA) is 61.4 Å². The minimum absolute atomic E-state index is 0.0549. The van der Waals surface area contributed by atoms with Crippen molar-refractivity contribution >= 4 is 55.0 Å². The number of hydrogen-bond acceptors (Lipinski definition) is 6. The van der Waals surface area contributed by atoms with Gasteiger partial charge in [-0.3, -0.25) is 4.79 Å². The summed E-state index contributed by atoms with van der Waals surface area (Å²) in [5.74, 6) is 1.28. The van der Waals surface area contributed by atoms with Crippen LogP contribution in [0.3, 0.4) is 0 Å². The Balaban J connectivity index is 1.59. The normalized spacial score (nSPS) is 15.1. The van der Waals surface area contributed by atoms with Crippen LogP contribution in [0.1, 0.15) is 29.9 Å². The van der Waals surface area contributed by atoms with Gasteiger partial charge in [0.05, 0.1) is 23.3 Å². The van der Waals surface area contributed by atoms with E-state index >= 15 is 0 Å². The van der Waals surface area contributed by atoms with Crippen LogP contribution in [0.5, 0.6) is 0 Å². The number of thioether (sulfide) groups is 1. The van der Waals surface area contributed by atoms with Gasteiger partial charge >= 0.3 is 0 Å². The highest BCUT2D eigenvalue weighted by molar-refractivity contribution is 9.10. The van der Waals surface area contributed by atoms with Gasteiger partial charge in [-0.25, -0.2) is 8.97 Å². The van der Waals surface area contributed by atoms with Crippen LogP contribution in [0.2, 0.25) is 0 Å². The number of hydrogen-bond donors (Lipinski definition) is 0. The van der Waals surface area contributed by atoms with Gasteiger partial charge < -0.3 is 4.74 Å². The molecule has 0 fully saturated rings. The number of nitrogens with zero attached hydrogens (tertiary/aromatic N) is 4. The van der Waals surface area contributed by atoms with Crippen LogP contribution in [0.15, 0.2) is 69.0 Å². The van der Waals surface area contributed by atoms with Crippen molar-refractivity contribution in [2.45, 2.75) is 43.4 Å². The maximum Gasteiger partial charge on any atom is 0.268 e. The minimum Gasteiger partial charge on any atom is -0.370 e. The highest BCUT2D eigenvalue weighted by Gasteiger charge is 2.32. The van der Waals surface area contributed by atoms with Gasteiger partial charge in [-0.15, -0.1) is 21.5 Å². The molecule has 0 N–H and O–H groups in total. The molecule has 4 heterocycles. The predicted octanol–water partition coefficient (Wildman–Crippen LogP) is 6.00. The third kappa shape index (κ3) is 3.71. The van der Waals surface area contributed by atoms with Crippen molar-refractivity contribution in [2.75, 3.05) is 0 Å². The lowest BCUT2D eigenvalue weighted by Gasteiger charge is -2.29. The first-order valence-electron chi connectivity index (χ1n) is 10.9. The molecule has 0 bridgehead atoms. The van der Waals surface area contributed by atoms with Crippen molar-refractivity contribution in [1.29, 1.82) is 0 Å². The molecule has 0 amide bonds. The third-order valence-electron chi connectivity index (χ3n) is 6.00. The average molecular weight is 554 g/mol. The summed E-state index contributed by atoms with van der Waals surface area (Å²) in [6.07, 6.45) is 0.696. The summed E-state index contributed by atoms with van der Waals surface area (Å²) in [4.78, 5) is 15.9. The van der Waals surface area contributed by atoms with E-state index in [1.165, 1.54) is 5.56 Å². The van der Waals surface area contributed by atoms with Crippen LogP contribution in [0.25, 0.3) is 21.7 Å². The van der Waals surface area contributed by atoms with E-state index in [-0.39, 0.29) is 11.2 Å². The van der Waals surface area contributed by atoms with E-state index in [9.17, 15) is 4.79 Å². The first-order chi connectivity index (χ1) is 16.4. The van der Waals surface area contributed by atoms with E-state index in [2.05, 4.69) is 52.1 Å². The van der Waals surface area contributed by atoms with Gasteiger partial charge in [0.2, 0.25) is 5.78 Å². The maximum atomic E-state index is 13.9. The van der Waals surface area contributed by atoms with Crippen LogP contribution in [0, 0.1) is 0 Å². The molecule has 3 aromatic heterocycles. The van der Waals surface area contributed by atoms with E-state index in [1.807, 2.05) is 46.9 Å². The van der Waals surface area contributed by atoms with Gasteiger partial charge in [0.1, 0.15) is 4.83 Å². The standard InChI is InChI=1S/C25H21BrN4O2S2/c1-25(2)12-18-19(13-32-25)34-22-20(18)21(31)29(17-6-4-3-5-7-17)23-27-28-24(30(22)23)33-14-15-8-10-16(26)11-9-15/h3-11H,12-14H2,1-2H3. The minimum atomic E-state index is -0.313. The van der Waals surface area contributed by atoms with Gasteiger partial charge in [0.15, 0.2) is 5.16 Å². The molecule has 1 aliphatic heterocycles. The van der Waals surface area contributed by atoms with E-state index in [4.69, 9.17) is 4.74 Å². The fourth-order valence-corrected chi connectivity index (χ4v) is 6.77. The smallest absolute Gasteiger partial charge is 0.268 e. The molecule has 0 atom stereocenters. The number of halogens is 1. The molecule has 6 nitrogen and oxygen atoms in total. The Bertz CT molecular complexity index is 1590. The Morgan fingerprint density at radius 3 is 2.65 bits per heavy atom. The lowest BCUT2D eigenvalue weighted by molar-refractivity contribution is -0.0379. The van der Waals surface area contributed by atoms with Crippen molar-refractivity contribution < 1.29 is 4.74 Å². The number of thiophene rings is 1. The van der Waals surface area contributed by atoms with E-state index < -0.39 is 0 Å². The molecule has 0 saturated carbocycles. The molecule has 0 aliphatic carbocycles. The second-order valence-corrected chi connectivity index (χ2v) is 11.9. The largest absolute Gasteiger partial charge is 0.370 e. The van der Waals surface area contributed by atoms with Gasteiger partial charge in [-0.2, -0.15) is 0 Å². The van der Waals surface area contributed by atoms with E-state index in [1.54, 1.807) is 27.7 Å². The first-order valence-corrected chi connectivity index (χ1v) is 13.5. The molecular weight excluding hydrogens is 532 g/mol.